The van der Waals surface area contributed by atoms with E-state index in [9.17, 15) is 4.79 Å². The Kier molecular flexibility index (Phi) is 12.0. The minimum absolute atomic E-state index is 0.00267. The van der Waals surface area contributed by atoms with Gasteiger partial charge in [-0.25, -0.2) is 0 Å². The maximum Gasteiger partial charge on any atom is 0.254 e. The largest absolute Gasteiger partial charge is 0.369 e. The Bertz CT molecular complexity index is 1080. The zero-order valence-corrected chi connectivity index (χ0v) is 23.3. The van der Waals surface area contributed by atoms with Crippen LogP contribution in [-0.2, 0) is 38.8 Å². The number of amides is 1. The number of piperidine rings is 1. The molecule has 0 saturated carbocycles. The zero-order chi connectivity index (χ0) is 27.1. The maximum absolute atomic E-state index is 13.8. The highest BCUT2D eigenvalue weighted by Crippen LogP contribution is 2.26. The predicted octanol–water partition coefficient (Wildman–Crippen LogP) is 6.95. The van der Waals surface area contributed by atoms with Gasteiger partial charge in [0.15, 0.2) is 6.10 Å². The third kappa shape index (κ3) is 9.31. The van der Waals surface area contributed by atoms with Gasteiger partial charge in [-0.2, -0.15) is 0 Å². The van der Waals surface area contributed by atoms with Crippen LogP contribution in [0, 0.1) is 0 Å². The number of benzene rings is 3. The van der Waals surface area contributed by atoms with Crippen LogP contribution in [0.4, 0.5) is 0 Å². The van der Waals surface area contributed by atoms with Crippen molar-refractivity contribution in [1.82, 2.24) is 4.90 Å². The Morgan fingerprint density at radius 2 is 1.13 bits per heavy atom. The van der Waals surface area contributed by atoms with E-state index in [-0.39, 0.29) is 12.0 Å². The van der Waals surface area contributed by atoms with Crippen LogP contribution in [0.1, 0.15) is 62.1 Å². The minimum Gasteiger partial charge on any atom is -0.369 e. The van der Waals surface area contributed by atoms with Gasteiger partial charge >= 0.3 is 0 Å². The zero-order valence-electron chi connectivity index (χ0n) is 23.3. The first-order valence-corrected chi connectivity index (χ1v) is 14.5. The van der Waals surface area contributed by atoms with Crippen molar-refractivity contribution in [3.05, 3.63) is 108 Å². The molecular weight excluding hydrogens is 486 g/mol. The fraction of sp³-hybridized carbons (Fsp3) is 0.441. The smallest absolute Gasteiger partial charge is 0.254 e. The lowest BCUT2D eigenvalue weighted by Crippen LogP contribution is -2.61. The molecule has 1 amide bonds. The summed E-state index contributed by atoms with van der Waals surface area (Å²) in [5, 5.41) is 0. The van der Waals surface area contributed by atoms with Crippen molar-refractivity contribution in [3.63, 3.8) is 0 Å². The van der Waals surface area contributed by atoms with Crippen LogP contribution in [0.15, 0.2) is 91.0 Å². The molecule has 3 atom stereocenters. The van der Waals surface area contributed by atoms with E-state index >= 15 is 0 Å². The van der Waals surface area contributed by atoms with E-state index in [1.54, 1.807) is 0 Å². The van der Waals surface area contributed by atoms with E-state index in [0.717, 1.165) is 29.5 Å². The predicted molar refractivity (Wildman–Crippen MR) is 155 cm³/mol. The number of ether oxygens (including phenoxy) is 3. The number of rotatable bonds is 16. The van der Waals surface area contributed by atoms with Gasteiger partial charge in [-0.05, 0) is 23.1 Å². The van der Waals surface area contributed by atoms with Gasteiger partial charge in [0.05, 0.1) is 19.8 Å². The summed E-state index contributed by atoms with van der Waals surface area (Å²) in [7, 11) is 0. The fourth-order valence-electron chi connectivity index (χ4n) is 5.02. The van der Waals surface area contributed by atoms with Crippen LogP contribution in [-0.4, -0.2) is 42.2 Å². The summed E-state index contributed by atoms with van der Waals surface area (Å²) in [4.78, 5) is 15.8. The molecule has 0 spiro atoms. The molecule has 1 saturated heterocycles. The van der Waals surface area contributed by atoms with Crippen molar-refractivity contribution in [1.29, 1.82) is 0 Å². The van der Waals surface area contributed by atoms with E-state index in [1.807, 2.05) is 83.8 Å². The summed E-state index contributed by atoms with van der Waals surface area (Å²) in [6.45, 7) is 4.65. The number of unbranched alkanes of at least 4 members (excludes halogenated alkanes) is 5. The lowest BCUT2D eigenvalue weighted by atomic mass is 9.99. The molecule has 3 aromatic carbocycles. The number of likely N-dealkylation sites (tertiary alicyclic amines) is 1. The molecule has 0 bridgehead atoms. The molecule has 1 aliphatic heterocycles. The van der Waals surface area contributed by atoms with Gasteiger partial charge in [-0.3, -0.25) is 4.79 Å². The van der Waals surface area contributed by atoms with E-state index in [2.05, 4.69) is 19.1 Å². The normalized spacial score (nSPS) is 19.4. The van der Waals surface area contributed by atoms with E-state index < -0.39 is 12.2 Å². The van der Waals surface area contributed by atoms with Gasteiger partial charge in [0.2, 0.25) is 0 Å². The molecule has 3 aromatic rings. The summed E-state index contributed by atoms with van der Waals surface area (Å²) in [5.74, 6) is -0.00267. The molecule has 0 aromatic heterocycles. The Labute approximate surface area is 234 Å². The van der Waals surface area contributed by atoms with Crippen LogP contribution in [0.3, 0.4) is 0 Å². The minimum atomic E-state index is -0.733. The summed E-state index contributed by atoms with van der Waals surface area (Å²) in [6, 6.07) is 30.2. The second-order valence-electron chi connectivity index (χ2n) is 10.4. The monoisotopic (exact) mass is 529 g/mol. The van der Waals surface area contributed by atoms with Crippen molar-refractivity contribution >= 4 is 5.91 Å². The highest BCUT2D eigenvalue weighted by Gasteiger charge is 2.45. The summed E-state index contributed by atoms with van der Waals surface area (Å²) < 4.78 is 19.3. The van der Waals surface area contributed by atoms with Gasteiger partial charge in [-0.15, -0.1) is 0 Å². The summed E-state index contributed by atoms with van der Waals surface area (Å²) in [5.41, 5.74) is 3.19. The molecule has 1 fully saturated rings. The molecule has 0 radical (unpaired) electrons. The van der Waals surface area contributed by atoms with Gasteiger partial charge in [0.25, 0.3) is 5.91 Å². The maximum atomic E-state index is 13.8. The van der Waals surface area contributed by atoms with Crippen LogP contribution >= 0.6 is 0 Å². The molecule has 0 N–H and O–H groups in total. The molecule has 0 unspecified atom stereocenters. The van der Waals surface area contributed by atoms with Crippen LogP contribution < -0.4 is 0 Å². The molecule has 0 aliphatic carbocycles. The van der Waals surface area contributed by atoms with Crippen LogP contribution in [0.2, 0.25) is 0 Å². The topological polar surface area (TPSA) is 48.0 Å². The number of hydrogen-bond donors (Lipinski definition) is 0. The highest BCUT2D eigenvalue weighted by molar-refractivity contribution is 5.82. The molecule has 208 valence electrons. The Hall–Kier alpha value is -2.99. The summed E-state index contributed by atoms with van der Waals surface area (Å²) >= 11 is 0. The van der Waals surface area contributed by atoms with Gasteiger partial charge in [0, 0.05) is 13.1 Å². The Balaban J connectivity index is 1.50. The molecule has 5 nitrogen and oxygen atoms in total. The fourth-order valence-corrected chi connectivity index (χ4v) is 5.02. The number of carbonyl (C=O) groups excluding carboxylic acids is 1. The van der Waals surface area contributed by atoms with Crippen molar-refractivity contribution in [2.75, 3.05) is 13.1 Å². The van der Waals surface area contributed by atoms with E-state index in [4.69, 9.17) is 14.2 Å². The van der Waals surface area contributed by atoms with Gasteiger partial charge < -0.3 is 19.1 Å². The molecule has 5 heteroatoms. The van der Waals surface area contributed by atoms with Gasteiger partial charge in [0.1, 0.15) is 12.2 Å². The lowest BCUT2D eigenvalue weighted by molar-refractivity contribution is -0.196. The third-order valence-corrected chi connectivity index (χ3v) is 7.27. The average Bonchev–Trinajstić information content (AvgIpc) is 2.99. The van der Waals surface area contributed by atoms with Gasteiger partial charge in [-0.1, -0.05) is 130 Å². The highest BCUT2D eigenvalue weighted by atomic mass is 16.6. The third-order valence-electron chi connectivity index (χ3n) is 7.27. The Morgan fingerprint density at radius 3 is 1.69 bits per heavy atom. The Morgan fingerprint density at radius 1 is 0.641 bits per heavy atom. The first kappa shape index (κ1) is 29.0. The SMILES string of the molecule is CCCCCCCCN1C[C@H](OCc2ccccc2)[C@@H](OCc2ccccc2)[C@H](OCc2ccccc2)C1=O. The molecular formula is C34H43NO4. The molecule has 1 heterocycles. The number of hydrogen-bond acceptors (Lipinski definition) is 4. The average molecular weight is 530 g/mol. The first-order chi connectivity index (χ1) is 19.2. The second kappa shape index (κ2) is 16.2. The van der Waals surface area contributed by atoms with Crippen LogP contribution in [0.5, 0.6) is 0 Å². The van der Waals surface area contributed by atoms with E-state index in [0.29, 0.717) is 32.9 Å². The van der Waals surface area contributed by atoms with Crippen molar-refractivity contribution in [3.8, 4) is 0 Å². The van der Waals surface area contributed by atoms with Crippen molar-refractivity contribution in [2.45, 2.75) is 83.6 Å². The lowest BCUT2D eigenvalue weighted by Gasteiger charge is -2.42. The van der Waals surface area contributed by atoms with Crippen molar-refractivity contribution in [2.24, 2.45) is 0 Å². The van der Waals surface area contributed by atoms with E-state index in [1.165, 1.54) is 25.7 Å². The second-order valence-corrected chi connectivity index (χ2v) is 10.4. The standard InChI is InChI=1S/C34H43NO4/c1-2-3-4-5-6-16-23-35-24-31(37-25-28-17-10-7-11-18-28)32(38-26-29-19-12-8-13-20-29)33(34(35)36)39-27-30-21-14-9-15-22-30/h7-15,17-22,31-33H,2-6,16,23-27H2,1H3/t31-,32+,33-/m0/s1. The molecule has 4 rings (SSSR count). The quantitative estimate of drug-likeness (QED) is 0.189. The number of carbonyl (C=O) groups is 1. The summed E-state index contributed by atoms with van der Waals surface area (Å²) in [6.07, 6.45) is 5.54. The number of nitrogens with zero attached hydrogens (tertiary/aromatic N) is 1. The van der Waals surface area contributed by atoms with Crippen LogP contribution in [0.25, 0.3) is 0 Å². The first-order valence-electron chi connectivity index (χ1n) is 14.5. The van der Waals surface area contributed by atoms with Crippen molar-refractivity contribution < 1.29 is 19.0 Å². The molecule has 1 aliphatic rings. The molecule has 39 heavy (non-hydrogen) atoms.